The molecule has 0 N–H and O–H groups in total. The number of hydrogen-bond acceptors (Lipinski definition) is 1. The van der Waals surface area contributed by atoms with E-state index in [1.165, 1.54) is 29.8 Å². The molecule has 0 radical (unpaired) electrons. The van der Waals surface area contributed by atoms with Gasteiger partial charge in [0.05, 0.1) is 0 Å². The van der Waals surface area contributed by atoms with Crippen molar-refractivity contribution in [3.8, 4) is 0 Å². The van der Waals surface area contributed by atoms with Crippen LogP contribution in [0.15, 0.2) is 30.3 Å². The van der Waals surface area contributed by atoms with Gasteiger partial charge in [-0.1, -0.05) is 0 Å². The summed E-state index contributed by atoms with van der Waals surface area (Å²) in [5, 5.41) is -0.811. The standard InChI is InChI=1S/C7H8S.C6H15P.Au/c8-6-7-4-2-1-3-5-7;1-4-7(5-2)6-3;/h1-5,8H,6H2;4-6H2,1-3H3;. The zero-order chi connectivity index (χ0) is 11.9. The van der Waals surface area contributed by atoms with E-state index in [0.717, 1.165) is 0 Å². The summed E-state index contributed by atoms with van der Waals surface area (Å²) in [4.78, 5) is 0. The van der Waals surface area contributed by atoms with E-state index in [9.17, 15) is 0 Å². The van der Waals surface area contributed by atoms with E-state index in [0.29, 0.717) is 17.9 Å². The van der Waals surface area contributed by atoms with Crippen molar-refractivity contribution in [2.45, 2.75) is 26.5 Å². The molecule has 0 aliphatic rings. The Morgan fingerprint density at radius 2 is 1.56 bits per heavy atom. The van der Waals surface area contributed by atoms with Gasteiger partial charge in [0, 0.05) is 0 Å². The van der Waals surface area contributed by atoms with Crippen molar-refractivity contribution < 1.29 is 17.9 Å². The fraction of sp³-hybridized carbons (Fsp3) is 0.538. The zero-order valence-corrected chi connectivity index (χ0v) is 14.4. The van der Waals surface area contributed by atoms with Gasteiger partial charge in [-0.2, -0.15) is 0 Å². The SMILES string of the molecule is CC[PH](CC)(CC)[Au][S]Cc1ccccc1. The molecular formula is C13H23AuPS. The molecular weight excluding hydrogens is 416 g/mol. The monoisotopic (exact) mass is 439 g/mol. The van der Waals surface area contributed by atoms with Gasteiger partial charge < -0.3 is 0 Å². The molecule has 97 valence electrons. The molecule has 1 aromatic carbocycles. The molecule has 1 aromatic rings. The minimum absolute atomic E-state index is 0.522. The predicted molar refractivity (Wildman–Crippen MR) is 77.7 cm³/mol. The van der Waals surface area contributed by atoms with E-state index in [1.807, 2.05) is 0 Å². The van der Waals surface area contributed by atoms with Crippen LogP contribution in [0.1, 0.15) is 26.3 Å². The Morgan fingerprint density at radius 1 is 1.00 bits per heavy atom. The van der Waals surface area contributed by atoms with E-state index in [4.69, 9.17) is 0 Å². The summed E-state index contributed by atoms with van der Waals surface area (Å²) in [5.74, 6) is 1.23. The maximum absolute atomic E-state index is 2.42. The summed E-state index contributed by atoms with van der Waals surface area (Å²) in [6.45, 7) is 7.25. The van der Waals surface area contributed by atoms with Crippen LogP contribution in [0, 0.1) is 0 Å². The van der Waals surface area contributed by atoms with Gasteiger partial charge in [0.25, 0.3) is 0 Å². The van der Waals surface area contributed by atoms with Crippen LogP contribution in [0.2, 0.25) is 0 Å². The number of benzene rings is 1. The quantitative estimate of drug-likeness (QED) is 0.441. The van der Waals surface area contributed by atoms with Crippen LogP contribution in [0.4, 0.5) is 0 Å². The van der Waals surface area contributed by atoms with Crippen molar-refractivity contribution in [3.63, 3.8) is 0 Å². The summed E-state index contributed by atoms with van der Waals surface area (Å²) < 4.78 is 0. The van der Waals surface area contributed by atoms with E-state index in [1.54, 1.807) is 0 Å². The van der Waals surface area contributed by atoms with Crippen LogP contribution in [0.5, 0.6) is 0 Å². The van der Waals surface area contributed by atoms with Crippen LogP contribution in [0.3, 0.4) is 0 Å². The topological polar surface area (TPSA) is 0 Å². The van der Waals surface area contributed by atoms with Gasteiger partial charge in [0.2, 0.25) is 0 Å². The fourth-order valence-electron chi connectivity index (χ4n) is 1.62. The molecule has 1 rings (SSSR count). The Bertz CT molecular complexity index is 277. The fourth-order valence-corrected chi connectivity index (χ4v) is 22.3. The normalized spacial score (nSPS) is 12.9. The number of rotatable bonds is 7. The molecule has 0 heterocycles. The zero-order valence-electron chi connectivity index (χ0n) is 10.4. The first kappa shape index (κ1) is 14.8. The van der Waals surface area contributed by atoms with Crippen LogP contribution in [-0.4, -0.2) is 18.5 Å². The van der Waals surface area contributed by atoms with Gasteiger partial charge in [-0.05, 0) is 0 Å². The average Bonchev–Trinajstić information content (AvgIpc) is 2.37. The molecule has 0 unspecified atom stereocenters. The summed E-state index contributed by atoms with van der Waals surface area (Å²) in [6.07, 6.45) is 4.47. The molecule has 0 spiro atoms. The Kier molecular flexibility index (Phi) is 7.35. The maximum atomic E-state index is 2.42. The van der Waals surface area contributed by atoms with Gasteiger partial charge in [-0.15, -0.1) is 0 Å². The Labute approximate surface area is 113 Å². The molecule has 0 aromatic heterocycles. The van der Waals surface area contributed by atoms with Crippen molar-refractivity contribution in [2.24, 2.45) is 0 Å². The van der Waals surface area contributed by atoms with Crippen molar-refractivity contribution in [2.75, 3.05) is 18.5 Å². The summed E-state index contributed by atoms with van der Waals surface area (Å²) in [6, 6.07) is 10.9. The predicted octanol–water partition coefficient (Wildman–Crippen LogP) is 4.64. The summed E-state index contributed by atoms with van der Waals surface area (Å²) in [7, 11) is 2.25. The van der Waals surface area contributed by atoms with Gasteiger partial charge in [-0.3, -0.25) is 0 Å². The minimum atomic E-state index is -0.811. The van der Waals surface area contributed by atoms with Crippen LogP contribution < -0.4 is 0 Å². The molecule has 3 heteroatoms. The van der Waals surface area contributed by atoms with Crippen LogP contribution >= 0.6 is 14.4 Å². The Hall–Kier alpha value is 0.740. The van der Waals surface area contributed by atoms with E-state index >= 15 is 0 Å². The van der Waals surface area contributed by atoms with Gasteiger partial charge >= 0.3 is 113 Å². The molecule has 0 bridgehead atoms. The molecule has 0 atom stereocenters. The Balaban J connectivity index is 2.39. The third-order valence-corrected chi connectivity index (χ3v) is 27.6. The second kappa shape index (κ2) is 7.95. The first-order valence-electron chi connectivity index (χ1n) is 6.01. The molecule has 0 fully saturated rings. The van der Waals surface area contributed by atoms with E-state index < -0.39 is 5.15 Å². The van der Waals surface area contributed by atoms with E-state index in [2.05, 4.69) is 60.3 Å². The molecule has 16 heavy (non-hydrogen) atoms. The van der Waals surface area contributed by atoms with Crippen LogP contribution in [-0.2, 0) is 23.7 Å². The van der Waals surface area contributed by atoms with E-state index in [-0.39, 0.29) is 0 Å². The third-order valence-electron chi connectivity index (χ3n) is 3.05. The second-order valence-electron chi connectivity index (χ2n) is 3.91. The number of hydrogen-bond donors (Lipinski definition) is 0. The van der Waals surface area contributed by atoms with Gasteiger partial charge in [-0.25, -0.2) is 0 Å². The first-order chi connectivity index (χ1) is 7.76. The molecule has 0 amide bonds. The molecule has 0 aliphatic heterocycles. The third kappa shape index (κ3) is 4.55. The van der Waals surface area contributed by atoms with Crippen molar-refractivity contribution in [1.29, 1.82) is 0 Å². The Morgan fingerprint density at radius 3 is 2.06 bits per heavy atom. The summed E-state index contributed by atoms with van der Waals surface area (Å²) >= 11 is 0.522. The molecule has 0 saturated heterocycles. The van der Waals surface area contributed by atoms with Crippen molar-refractivity contribution in [3.05, 3.63) is 35.9 Å². The van der Waals surface area contributed by atoms with Gasteiger partial charge in [0.15, 0.2) is 0 Å². The molecule has 0 aliphatic carbocycles. The first-order valence-corrected chi connectivity index (χ1v) is 15.2. The molecule has 0 saturated carbocycles. The second-order valence-corrected chi connectivity index (χ2v) is 21.9. The van der Waals surface area contributed by atoms with Gasteiger partial charge in [0.1, 0.15) is 0 Å². The van der Waals surface area contributed by atoms with Crippen molar-refractivity contribution in [1.82, 2.24) is 0 Å². The van der Waals surface area contributed by atoms with Crippen molar-refractivity contribution >= 4 is 14.4 Å². The van der Waals surface area contributed by atoms with Crippen LogP contribution in [0.25, 0.3) is 0 Å². The summed E-state index contributed by atoms with van der Waals surface area (Å²) in [5.41, 5.74) is 1.50. The molecule has 0 nitrogen and oxygen atoms in total. The average molecular weight is 439 g/mol.